The molecule has 0 aromatic heterocycles. The molecule has 0 unspecified atom stereocenters. The van der Waals surface area contributed by atoms with Gasteiger partial charge in [0, 0.05) is 6.04 Å². The van der Waals surface area contributed by atoms with Crippen LogP contribution in [0, 0.1) is 0 Å². The van der Waals surface area contributed by atoms with Crippen LogP contribution in [-0.4, -0.2) is 49.6 Å². The zero-order chi connectivity index (χ0) is 12.1. The van der Waals surface area contributed by atoms with Gasteiger partial charge in [0.1, 0.15) is 6.29 Å². The van der Waals surface area contributed by atoms with Gasteiger partial charge in [-0.3, -0.25) is 9.69 Å². The number of rotatable bonds is 3. The summed E-state index contributed by atoms with van der Waals surface area (Å²) in [5.74, 6) is -0.398. The molecular weight excluding hydrogens is 214 g/mol. The lowest BCUT2D eigenvalue weighted by molar-refractivity contribution is -0.141. The average molecular weight is 229 g/mol. The zero-order valence-corrected chi connectivity index (χ0v) is 9.34. The van der Waals surface area contributed by atoms with E-state index in [2.05, 4.69) is 9.47 Å². The van der Waals surface area contributed by atoms with Crippen molar-refractivity contribution < 1.29 is 23.9 Å². The Morgan fingerprint density at radius 3 is 2.50 bits per heavy atom. The van der Waals surface area contributed by atoms with E-state index >= 15 is 0 Å². The van der Waals surface area contributed by atoms with E-state index in [-0.39, 0.29) is 12.5 Å². The minimum atomic E-state index is -0.580. The molecular formula is C10H15NO5. The van der Waals surface area contributed by atoms with Gasteiger partial charge < -0.3 is 14.3 Å². The van der Waals surface area contributed by atoms with Crippen LogP contribution in [0.3, 0.4) is 0 Å². The lowest BCUT2D eigenvalue weighted by Gasteiger charge is -2.25. The van der Waals surface area contributed by atoms with Gasteiger partial charge in [-0.15, -0.1) is 0 Å². The third kappa shape index (κ3) is 2.50. The number of hydrogen-bond acceptors (Lipinski definition) is 5. The average Bonchev–Trinajstić information content (AvgIpc) is 2.70. The van der Waals surface area contributed by atoms with Gasteiger partial charge in [0.25, 0.3) is 0 Å². The summed E-state index contributed by atoms with van der Waals surface area (Å²) in [7, 11) is 2.54. The first-order chi connectivity index (χ1) is 7.63. The number of amides is 1. The third-order valence-electron chi connectivity index (χ3n) is 2.72. The summed E-state index contributed by atoms with van der Waals surface area (Å²) >= 11 is 0. The van der Waals surface area contributed by atoms with E-state index in [9.17, 15) is 14.4 Å². The van der Waals surface area contributed by atoms with Crippen LogP contribution in [0.4, 0.5) is 4.79 Å². The molecule has 1 aliphatic rings. The molecule has 0 N–H and O–H groups in total. The summed E-state index contributed by atoms with van der Waals surface area (Å²) in [6.07, 6.45) is 1.38. The second kappa shape index (κ2) is 5.48. The molecule has 2 atom stereocenters. The van der Waals surface area contributed by atoms with Crippen LogP contribution in [0.15, 0.2) is 0 Å². The van der Waals surface area contributed by atoms with Gasteiger partial charge in [-0.1, -0.05) is 0 Å². The van der Waals surface area contributed by atoms with Crippen molar-refractivity contribution in [3.8, 4) is 0 Å². The van der Waals surface area contributed by atoms with Gasteiger partial charge in [0.05, 0.1) is 26.7 Å². The summed E-state index contributed by atoms with van der Waals surface area (Å²) in [6, 6.07) is -0.808. The largest absolute Gasteiger partial charge is 0.469 e. The number of likely N-dealkylation sites (tertiary alicyclic amines) is 1. The summed E-state index contributed by atoms with van der Waals surface area (Å²) in [6.45, 7) is 0. The van der Waals surface area contributed by atoms with Crippen molar-refractivity contribution in [2.75, 3.05) is 14.2 Å². The minimum Gasteiger partial charge on any atom is -0.469 e. The fraction of sp³-hybridized carbons (Fsp3) is 0.700. The summed E-state index contributed by atoms with van der Waals surface area (Å²) in [4.78, 5) is 34.7. The van der Waals surface area contributed by atoms with Gasteiger partial charge in [-0.2, -0.15) is 0 Å². The van der Waals surface area contributed by atoms with E-state index in [1.54, 1.807) is 0 Å². The van der Waals surface area contributed by atoms with Crippen molar-refractivity contribution in [1.29, 1.82) is 0 Å². The smallest absolute Gasteiger partial charge is 0.410 e. The third-order valence-corrected chi connectivity index (χ3v) is 2.72. The Morgan fingerprint density at radius 2 is 2.00 bits per heavy atom. The molecule has 0 aromatic rings. The summed E-state index contributed by atoms with van der Waals surface area (Å²) in [5, 5.41) is 0. The van der Waals surface area contributed by atoms with E-state index in [1.165, 1.54) is 19.1 Å². The lowest BCUT2D eigenvalue weighted by Crippen LogP contribution is -2.42. The maximum atomic E-state index is 11.5. The number of carbonyl (C=O) groups excluding carboxylic acids is 3. The van der Waals surface area contributed by atoms with Gasteiger partial charge in [0.2, 0.25) is 0 Å². The molecule has 0 spiro atoms. The Hall–Kier alpha value is -1.59. The monoisotopic (exact) mass is 229 g/mol. The first-order valence-corrected chi connectivity index (χ1v) is 5.02. The fourth-order valence-electron chi connectivity index (χ4n) is 1.91. The summed E-state index contributed by atoms with van der Waals surface area (Å²) < 4.78 is 9.12. The molecule has 0 aromatic carbocycles. The highest BCUT2D eigenvalue weighted by atomic mass is 16.5. The molecule has 1 saturated heterocycles. The molecule has 1 aliphatic heterocycles. The lowest BCUT2D eigenvalue weighted by atomic mass is 10.1. The Labute approximate surface area is 93.5 Å². The Kier molecular flexibility index (Phi) is 4.28. The van der Waals surface area contributed by atoms with Crippen molar-refractivity contribution in [1.82, 2.24) is 4.90 Å². The zero-order valence-electron chi connectivity index (χ0n) is 9.34. The molecule has 6 nitrogen and oxygen atoms in total. The van der Waals surface area contributed by atoms with Gasteiger partial charge in [-0.25, -0.2) is 4.79 Å². The second-order valence-electron chi connectivity index (χ2n) is 3.59. The van der Waals surface area contributed by atoms with Crippen LogP contribution in [0.25, 0.3) is 0 Å². The molecule has 16 heavy (non-hydrogen) atoms. The molecule has 1 fully saturated rings. The molecule has 1 amide bonds. The van der Waals surface area contributed by atoms with Crippen LogP contribution < -0.4 is 0 Å². The first-order valence-electron chi connectivity index (χ1n) is 5.02. The van der Waals surface area contributed by atoms with Crippen LogP contribution in [0.2, 0.25) is 0 Å². The standard InChI is InChI=1S/C10H15NO5/c1-15-9(13)5-7-3-4-8(6-12)11(7)10(14)16-2/h6-8H,3-5H2,1-2H3/t7-,8+/m0/s1. The van der Waals surface area contributed by atoms with Crippen LogP contribution in [0.1, 0.15) is 19.3 Å². The number of nitrogens with zero attached hydrogens (tertiary/aromatic N) is 1. The second-order valence-corrected chi connectivity index (χ2v) is 3.59. The van der Waals surface area contributed by atoms with Crippen molar-refractivity contribution in [3.05, 3.63) is 0 Å². The van der Waals surface area contributed by atoms with Crippen molar-refractivity contribution in [3.63, 3.8) is 0 Å². The van der Waals surface area contributed by atoms with E-state index in [1.807, 2.05) is 0 Å². The fourth-order valence-corrected chi connectivity index (χ4v) is 1.91. The number of methoxy groups -OCH3 is 2. The van der Waals surface area contributed by atoms with Crippen LogP contribution in [-0.2, 0) is 19.1 Å². The Bertz CT molecular complexity index is 291. The molecule has 1 rings (SSSR count). The first kappa shape index (κ1) is 12.5. The maximum absolute atomic E-state index is 11.5. The predicted molar refractivity (Wildman–Crippen MR) is 53.8 cm³/mol. The number of hydrogen-bond donors (Lipinski definition) is 0. The molecule has 0 bridgehead atoms. The van der Waals surface area contributed by atoms with Gasteiger partial charge in [0.15, 0.2) is 0 Å². The summed E-state index contributed by atoms with van der Waals surface area (Å²) in [5.41, 5.74) is 0. The minimum absolute atomic E-state index is 0.0932. The van der Waals surface area contributed by atoms with Gasteiger partial charge in [-0.05, 0) is 12.8 Å². The number of carbonyl (C=O) groups is 3. The molecule has 1 heterocycles. The highest BCUT2D eigenvalue weighted by molar-refractivity contribution is 5.76. The topological polar surface area (TPSA) is 72.9 Å². The highest BCUT2D eigenvalue weighted by Gasteiger charge is 2.38. The molecule has 0 radical (unpaired) electrons. The number of ether oxygens (including phenoxy) is 2. The molecule has 0 saturated carbocycles. The Morgan fingerprint density at radius 1 is 1.31 bits per heavy atom. The maximum Gasteiger partial charge on any atom is 0.410 e. The SMILES string of the molecule is COC(=O)C[C@@H]1CC[C@H](C=O)N1C(=O)OC. The van der Waals surface area contributed by atoms with E-state index in [4.69, 9.17) is 0 Å². The molecule has 0 aliphatic carbocycles. The van der Waals surface area contributed by atoms with Crippen LogP contribution in [0.5, 0.6) is 0 Å². The normalized spacial score (nSPS) is 24.0. The number of aldehydes is 1. The molecule has 90 valence electrons. The van der Waals surface area contributed by atoms with E-state index < -0.39 is 18.1 Å². The van der Waals surface area contributed by atoms with Crippen molar-refractivity contribution in [2.45, 2.75) is 31.3 Å². The number of esters is 1. The predicted octanol–water partition coefficient (Wildman–Crippen LogP) is 0.348. The Balaban J connectivity index is 2.72. The van der Waals surface area contributed by atoms with E-state index in [0.29, 0.717) is 19.1 Å². The van der Waals surface area contributed by atoms with Crippen LogP contribution >= 0.6 is 0 Å². The highest BCUT2D eigenvalue weighted by Crippen LogP contribution is 2.26. The molecule has 6 heteroatoms. The van der Waals surface area contributed by atoms with Gasteiger partial charge >= 0.3 is 12.1 Å². The van der Waals surface area contributed by atoms with Crippen molar-refractivity contribution >= 4 is 18.3 Å². The van der Waals surface area contributed by atoms with E-state index in [0.717, 1.165) is 0 Å². The quantitative estimate of drug-likeness (QED) is 0.515. The van der Waals surface area contributed by atoms with Crippen molar-refractivity contribution in [2.24, 2.45) is 0 Å².